The Morgan fingerprint density at radius 3 is 0.759 bits per heavy atom. The summed E-state index contributed by atoms with van der Waals surface area (Å²) in [6, 6.07) is 12.6. The van der Waals surface area contributed by atoms with Crippen molar-refractivity contribution in [2.75, 3.05) is 124 Å². The molecule has 10 amide bonds. The Labute approximate surface area is 631 Å². The number of amides is 10. The third-order valence-electron chi connectivity index (χ3n) is 17.3. The molecule has 16 rings (SSSR count). The van der Waals surface area contributed by atoms with Gasteiger partial charge in [0.25, 0.3) is 23.6 Å². The zero-order valence-electron chi connectivity index (χ0n) is 56.4. The van der Waals surface area contributed by atoms with Crippen molar-refractivity contribution in [3.05, 3.63) is 189 Å². The minimum absolute atomic E-state index is 0.0998. The number of halogens is 4. The molecule has 556 valence electrons. The molecule has 0 radical (unpaired) electrons. The summed E-state index contributed by atoms with van der Waals surface area (Å²) in [5.41, 5.74) is 1.54. The fraction of sp³-hybridized carbons (Fsp3) is 0.303. The first-order chi connectivity index (χ1) is 52.5. The molecule has 8 aliphatic rings. The van der Waals surface area contributed by atoms with Gasteiger partial charge >= 0.3 is 24.4 Å². The number of carbonyl (C=O) groups excluding carboxylic acids is 10. The fourth-order valence-corrected chi connectivity index (χ4v) is 12.4. The van der Waals surface area contributed by atoms with Gasteiger partial charge in [0.2, 0.25) is 37.7 Å². The van der Waals surface area contributed by atoms with E-state index in [-0.39, 0.29) is 57.2 Å². The molecule has 8 aromatic heterocycles. The first kappa shape index (κ1) is 74.2. The second-order valence-electron chi connectivity index (χ2n) is 23.9. The van der Waals surface area contributed by atoms with Crippen molar-refractivity contribution in [1.82, 2.24) is 99.8 Å². The first-order valence-electron chi connectivity index (χ1n) is 33.1. The van der Waals surface area contributed by atoms with Crippen LogP contribution in [0.1, 0.15) is 89.6 Å². The number of nitrogens with zero attached hydrogens (tertiary/aromatic N) is 22. The van der Waals surface area contributed by atoms with Crippen molar-refractivity contribution in [2.45, 2.75) is 24.9 Å². The van der Waals surface area contributed by atoms with Crippen LogP contribution in [0.4, 0.5) is 42.4 Å². The average molecular weight is 1560 g/mol. The molecule has 42 heteroatoms. The van der Waals surface area contributed by atoms with Crippen LogP contribution in [0.3, 0.4) is 0 Å². The lowest BCUT2D eigenvalue weighted by Crippen LogP contribution is -2.49. The van der Waals surface area contributed by atoms with E-state index in [2.05, 4.69) is 70.4 Å². The van der Waals surface area contributed by atoms with Gasteiger partial charge in [-0.25, -0.2) is 78.6 Å². The van der Waals surface area contributed by atoms with Crippen LogP contribution >= 0.6 is 46.4 Å². The predicted molar refractivity (Wildman–Crippen MR) is 377 cm³/mol. The lowest BCUT2D eigenvalue weighted by molar-refractivity contribution is -0.120. The van der Waals surface area contributed by atoms with Gasteiger partial charge in [-0.1, -0.05) is 46.4 Å². The topological polar surface area (TPSA) is 419 Å². The predicted octanol–water partition coefficient (Wildman–Crippen LogP) is 4.64. The Kier molecular flexibility index (Phi) is 23.1. The van der Waals surface area contributed by atoms with Crippen LogP contribution in [0.25, 0.3) is 0 Å². The highest BCUT2D eigenvalue weighted by Crippen LogP contribution is 2.40. The molecule has 0 saturated carbocycles. The van der Waals surface area contributed by atoms with Gasteiger partial charge in [0.15, 0.2) is 22.8 Å². The summed E-state index contributed by atoms with van der Waals surface area (Å²) in [6.07, 6.45) is 12.0. The van der Waals surface area contributed by atoms with Gasteiger partial charge in [-0.05, 0) is 48.5 Å². The molecule has 2 unspecified atom stereocenters. The number of pyridine rings is 4. The minimum atomic E-state index is -1.10. The molecule has 8 aliphatic heterocycles. The molecule has 16 heterocycles. The number of carbonyl (C=O) groups is 10. The minimum Gasteiger partial charge on any atom is -0.419 e. The molecule has 8 aromatic rings. The van der Waals surface area contributed by atoms with Gasteiger partial charge in [0, 0.05) is 179 Å². The Bertz CT molecular complexity index is 4390. The maximum absolute atomic E-state index is 12.8. The smallest absolute Gasteiger partial charge is 0.412 e. The summed E-state index contributed by atoms with van der Waals surface area (Å²) in [4.78, 5) is 187. The summed E-state index contributed by atoms with van der Waals surface area (Å²) >= 11 is 23.5. The highest BCUT2D eigenvalue weighted by Gasteiger charge is 2.49. The molecule has 38 nitrogen and oxygen atoms in total. The Balaban J connectivity index is 0.000000127. The van der Waals surface area contributed by atoms with Crippen LogP contribution in [0.5, 0.6) is 0 Å². The Hall–Kier alpha value is -12.1. The van der Waals surface area contributed by atoms with Crippen molar-refractivity contribution in [1.29, 1.82) is 0 Å². The van der Waals surface area contributed by atoms with Crippen molar-refractivity contribution in [2.24, 2.45) is 0 Å². The van der Waals surface area contributed by atoms with E-state index >= 15 is 0 Å². The van der Waals surface area contributed by atoms with Gasteiger partial charge in [-0.2, -0.15) is 0 Å². The fourth-order valence-electron chi connectivity index (χ4n) is 11.9. The van der Waals surface area contributed by atoms with Crippen LogP contribution in [0, 0.1) is 0 Å². The Morgan fingerprint density at radius 2 is 0.546 bits per heavy atom. The van der Waals surface area contributed by atoms with E-state index in [4.69, 9.17) is 65.4 Å². The van der Waals surface area contributed by atoms with Gasteiger partial charge in [-0.15, -0.1) is 0 Å². The number of nitrogens with one attached hydrogen (secondary N) is 2. The van der Waals surface area contributed by atoms with E-state index in [1.54, 1.807) is 68.1 Å². The van der Waals surface area contributed by atoms with Gasteiger partial charge in [0.05, 0.1) is 20.1 Å². The number of aromatic nitrogens is 12. The largest absolute Gasteiger partial charge is 0.419 e. The lowest BCUT2D eigenvalue weighted by atomic mass is 10.3. The van der Waals surface area contributed by atoms with Crippen LogP contribution in [-0.4, -0.2) is 255 Å². The number of hydrogen-bond acceptors (Lipinski definition) is 28. The van der Waals surface area contributed by atoms with E-state index < -0.39 is 72.9 Å². The third kappa shape index (κ3) is 16.2. The molecule has 0 spiro atoms. The first-order valence-corrected chi connectivity index (χ1v) is 34.6. The number of piperazine rings is 4. The van der Waals surface area contributed by atoms with E-state index in [1.807, 2.05) is 0 Å². The SMILES string of the molecule is O=C(OC1c2nccnc2C(=O)N1c1ccc(Cl)cn1)N1CCNCC1.O=C(O[C@@H]1c2nccnc2C(=O)N1c1ccc(Cl)cn1)N1CCNCC1.O=CN1CCN(C(=O)OC2c3nccnc3C(=O)N2c2ccc(Cl)cn2)CC1.O=CN1CCN(C(=O)O[C@@H]2c3nccnc3C(=O)N2c2ccc(Cl)cn2)CC1. The maximum atomic E-state index is 12.8. The number of ether oxygens (including phenoxy) is 4. The maximum Gasteiger partial charge on any atom is 0.412 e. The van der Waals surface area contributed by atoms with Crippen LogP contribution < -0.4 is 30.2 Å². The zero-order valence-corrected chi connectivity index (χ0v) is 59.4. The van der Waals surface area contributed by atoms with E-state index in [0.29, 0.717) is 136 Å². The van der Waals surface area contributed by atoms with E-state index in [9.17, 15) is 47.9 Å². The molecule has 4 saturated heterocycles. The van der Waals surface area contributed by atoms with Crippen molar-refractivity contribution < 1.29 is 66.9 Å². The van der Waals surface area contributed by atoms with Crippen molar-refractivity contribution in [3.8, 4) is 0 Å². The molecular weight excluding hydrogens is 1490 g/mol. The summed E-state index contributed by atoms with van der Waals surface area (Å²) in [5.74, 6) is -0.671. The molecule has 2 N–H and O–H groups in total. The standard InChI is InChI=1S/2C17H15ClN6O4.2C16H15ClN6O3/c2*18-11-1-2-12(21-9-11)24-15(26)13-14(20-4-3-19-13)16(24)28-17(27)23-7-5-22(10-25)6-8-23;2*17-10-1-2-11(21-9-10)23-14(24)12-13(20-4-3-19-12)15(23)26-16(25)22-7-5-18-6-8-22/h2*1-4,9-10,16H,5-8H2;2*1-4,9,15,18H,5-8H2/t16-;;15-;/m1.1./s1. The molecule has 4 atom stereocenters. The molecule has 0 aliphatic carbocycles. The second-order valence-corrected chi connectivity index (χ2v) is 25.6. The quantitative estimate of drug-likeness (QED) is 0.139. The van der Waals surface area contributed by atoms with Gasteiger partial charge in [-0.3, -0.25) is 48.7 Å². The molecule has 0 aromatic carbocycles. The summed E-state index contributed by atoms with van der Waals surface area (Å²) < 4.78 is 22.5. The monoisotopic (exact) mass is 1550 g/mol. The molecular formula is C66H60Cl4N24O14. The Morgan fingerprint density at radius 1 is 0.324 bits per heavy atom. The molecule has 0 bridgehead atoms. The zero-order chi connectivity index (χ0) is 75.5. The third-order valence-corrected chi connectivity index (χ3v) is 18.2. The summed E-state index contributed by atoms with van der Waals surface area (Å²) in [5, 5.41) is 8.02. The molecule has 4 fully saturated rings. The second kappa shape index (κ2) is 33.6. The van der Waals surface area contributed by atoms with Crippen molar-refractivity contribution >= 4 is 130 Å². The van der Waals surface area contributed by atoms with E-state index in [0.717, 1.165) is 12.8 Å². The van der Waals surface area contributed by atoms with Gasteiger partial charge in [0.1, 0.15) is 46.0 Å². The average Bonchev–Trinajstić information content (AvgIpc) is 1.62. The molecule has 108 heavy (non-hydrogen) atoms. The summed E-state index contributed by atoms with van der Waals surface area (Å²) in [7, 11) is 0. The van der Waals surface area contributed by atoms with E-state index in [1.165, 1.54) is 104 Å². The lowest BCUT2D eigenvalue weighted by Gasteiger charge is -2.33. The summed E-state index contributed by atoms with van der Waals surface area (Å²) in [6.45, 7) is 7.93. The van der Waals surface area contributed by atoms with Gasteiger partial charge < -0.3 is 59.0 Å². The van der Waals surface area contributed by atoms with Crippen LogP contribution in [0.2, 0.25) is 20.1 Å². The number of anilines is 4. The number of rotatable bonds is 10. The number of hydrogen-bond donors (Lipinski definition) is 2. The highest BCUT2D eigenvalue weighted by molar-refractivity contribution is 6.31. The van der Waals surface area contributed by atoms with Crippen molar-refractivity contribution in [3.63, 3.8) is 0 Å². The highest BCUT2D eigenvalue weighted by atomic mass is 35.5. The number of fused-ring (bicyclic) bond motifs is 4. The normalized spacial score (nSPS) is 19.1. The van der Waals surface area contributed by atoms with Crippen LogP contribution in [-0.2, 0) is 28.5 Å². The van der Waals surface area contributed by atoms with Crippen LogP contribution in [0.15, 0.2) is 123 Å².